The molecule has 2 rings (SSSR count). The van der Waals surface area contributed by atoms with Gasteiger partial charge in [-0.1, -0.05) is 5.16 Å². The fourth-order valence-electron chi connectivity index (χ4n) is 2.26. The van der Waals surface area contributed by atoms with Crippen molar-refractivity contribution in [2.75, 3.05) is 21.3 Å². The Balaban J connectivity index is 2.09. The van der Waals surface area contributed by atoms with Crippen molar-refractivity contribution in [2.45, 2.75) is 20.5 Å². The summed E-state index contributed by atoms with van der Waals surface area (Å²) >= 11 is 0. The number of carbonyl (C=O) groups excluding carboxylic acids is 1. The van der Waals surface area contributed by atoms with Crippen LogP contribution in [0.5, 0.6) is 17.2 Å². The molecule has 0 aliphatic carbocycles. The van der Waals surface area contributed by atoms with Crippen molar-refractivity contribution in [1.29, 1.82) is 0 Å². The first-order chi connectivity index (χ1) is 12.0. The van der Waals surface area contributed by atoms with Crippen molar-refractivity contribution in [2.24, 2.45) is 0 Å². The first-order valence-corrected chi connectivity index (χ1v) is 7.56. The SMILES string of the molecule is COc1cc(C=CC(=O)OCc2c(C)noc2C)cc(OC)c1OC. The van der Waals surface area contributed by atoms with Gasteiger partial charge in [0.15, 0.2) is 11.5 Å². The number of methoxy groups -OCH3 is 3. The quantitative estimate of drug-likeness (QED) is 0.562. The average molecular weight is 347 g/mol. The second kappa shape index (κ2) is 8.23. The van der Waals surface area contributed by atoms with Gasteiger partial charge >= 0.3 is 5.97 Å². The number of hydrogen-bond donors (Lipinski definition) is 0. The van der Waals surface area contributed by atoms with Gasteiger partial charge in [-0.15, -0.1) is 0 Å². The Labute approximate surface area is 146 Å². The van der Waals surface area contributed by atoms with Crippen LogP contribution < -0.4 is 14.2 Å². The molecule has 0 radical (unpaired) electrons. The molecule has 0 saturated heterocycles. The lowest BCUT2D eigenvalue weighted by atomic mass is 10.1. The number of rotatable bonds is 7. The van der Waals surface area contributed by atoms with Crippen LogP contribution in [0.15, 0.2) is 22.7 Å². The van der Waals surface area contributed by atoms with Crippen molar-refractivity contribution >= 4 is 12.0 Å². The van der Waals surface area contributed by atoms with Crippen LogP contribution in [0, 0.1) is 13.8 Å². The van der Waals surface area contributed by atoms with Crippen molar-refractivity contribution in [3.8, 4) is 17.2 Å². The van der Waals surface area contributed by atoms with Crippen LogP contribution >= 0.6 is 0 Å². The number of aromatic nitrogens is 1. The first-order valence-electron chi connectivity index (χ1n) is 7.56. The Hall–Kier alpha value is -2.96. The molecule has 1 heterocycles. The van der Waals surface area contributed by atoms with E-state index in [0.29, 0.717) is 34.3 Å². The molecule has 1 aromatic carbocycles. The zero-order chi connectivity index (χ0) is 18.4. The van der Waals surface area contributed by atoms with Gasteiger partial charge in [-0.25, -0.2) is 4.79 Å². The second-order valence-electron chi connectivity index (χ2n) is 5.20. The molecule has 7 nitrogen and oxygen atoms in total. The van der Waals surface area contributed by atoms with E-state index in [-0.39, 0.29) is 6.61 Å². The molecule has 25 heavy (non-hydrogen) atoms. The third-order valence-corrected chi connectivity index (χ3v) is 3.64. The number of benzene rings is 1. The van der Waals surface area contributed by atoms with E-state index in [1.807, 2.05) is 0 Å². The summed E-state index contributed by atoms with van der Waals surface area (Å²) in [4.78, 5) is 11.9. The van der Waals surface area contributed by atoms with Gasteiger partial charge in [-0.3, -0.25) is 0 Å². The highest BCUT2D eigenvalue weighted by Crippen LogP contribution is 2.38. The van der Waals surface area contributed by atoms with E-state index in [2.05, 4.69) is 5.16 Å². The molecule has 0 fully saturated rings. The molecular formula is C18H21NO6. The van der Waals surface area contributed by atoms with Gasteiger partial charge in [0.1, 0.15) is 12.4 Å². The summed E-state index contributed by atoms with van der Waals surface area (Å²) in [5.74, 6) is 1.66. The van der Waals surface area contributed by atoms with Gasteiger partial charge in [-0.2, -0.15) is 0 Å². The summed E-state index contributed by atoms with van der Waals surface area (Å²) < 4.78 is 26.1. The zero-order valence-corrected chi connectivity index (χ0v) is 14.9. The van der Waals surface area contributed by atoms with E-state index < -0.39 is 5.97 Å². The second-order valence-corrected chi connectivity index (χ2v) is 5.20. The molecule has 0 unspecified atom stereocenters. The Morgan fingerprint density at radius 2 is 1.76 bits per heavy atom. The summed E-state index contributed by atoms with van der Waals surface area (Å²) in [6.45, 7) is 3.68. The number of esters is 1. The van der Waals surface area contributed by atoms with E-state index in [0.717, 1.165) is 5.56 Å². The van der Waals surface area contributed by atoms with Crippen LogP contribution in [-0.2, 0) is 16.1 Å². The van der Waals surface area contributed by atoms with Crippen LogP contribution in [0.1, 0.15) is 22.6 Å². The molecule has 0 bridgehead atoms. The molecule has 0 aliphatic rings. The number of hydrogen-bond acceptors (Lipinski definition) is 7. The molecular weight excluding hydrogens is 326 g/mol. The van der Waals surface area contributed by atoms with Gasteiger partial charge in [0.05, 0.1) is 32.6 Å². The lowest BCUT2D eigenvalue weighted by Crippen LogP contribution is -2.02. The van der Waals surface area contributed by atoms with E-state index in [1.54, 1.807) is 32.1 Å². The predicted molar refractivity (Wildman–Crippen MR) is 90.9 cm³/mol. The van der Waals surface area contributed by atoms with Gasteiger partial charge in [0, 0.05) is 6.08 Å². The monoisotopic (exact) mass is 347 g/mol. The molecule has 134 valence electrons. The summed E-state index contributed by atoms with van der Waals surface area (Å²) in [7, 11) is 4.59. The topological polar surface area (TPSA) is 80.0 Å². The first kappa shape index (κ1) is 18.4. The minimum absolute atomic E-state index is 0.111. The van der Waals surface area contributed by atoms with Crippen molar-refractivity contribution in [3.63, 3.8) is 0 Å². The highest BCUT2D eigenvalue weighted by molar-refractivity contribution is 5.87. The van der Waals surface area contributed by atoms with Crippen molar-refractivity contribution in [3.05, 3.63) is 40.8 Å². The fraction of sp³-hybridized carbons (Fsp3) is 0.333. The predicted octanol–water partition coefficient (Wildman–Crippen LogP) is 3.07. The van der Waals surface area contributed by atoms with E-state index in [1.165, 1.54) is 27.4 Å². The molecule has 0 spiro atoms. The lowest BCUT2D eigenvalue weighted by Gasteiger charge is -2.12. The summed E-state index contributed by atoms with van der Waals surface area (Å²) in [5.41, 5.74) is 2.19. The lowest BCUT2D eigenvalue weighted by molar-refractivity contribution is -0.138. The summed E-state index contributed by atoms with van der Waals surface area (Å²) in [5, 5.41) is 3.82. The van der Waals surface area contributed by atoms with Crippen LogP contribution in [0.3, 0.4) is 0 Å². The molecule has 0 saturated carbocycles. The number of ether oxygens (including phenoxy) is 4. The van der Waals surface area contributed by atoms with E-state index >= 15 is 0 Å². The highest BCUT2D eigenvalue weighted by Gasteiger charge is 2.13. The molecule has 0 atom stereocenters. The van der Waals surface area contributed by atoms with Crippen LogP contribution in [0.2, 0.25) is 0 Å². The smallest absolute Gasteiger partial charge is 0.331 e. The minimum Gasteiger partial charge on any atom is -0.493 e. The van der Waals surface area contributed by atoms with Gasteiger partial charge in [0.25, 0.3) is 0 Å². The van der Waals surface area contributed by atoms with Crippen LogP contribution in [0.4, 0.5) is 0 Å². The maximum absolute atomic E-state index is 11.9. The molecule has 2 aromatic rings. The fourth-order valence-corrected chi connectivity index (χ4v) is 2.26. The number of aryl methyl sites for hydroxylation is 2. The zero-order valence-electron chi connectivity index (χ0n) is 14.9. The molecule has 1 aromatic heterocycles. The molecule has 7 heteroatoms. The van der Waals surface area contributed by atoms with Crippen molar-refractivity contribution < 1.29 is 28.3 Å². The molecule has 0 N–H and O–H groups in total. The summed E-state index contributed by atoms with van der Waals surface area (Å²) in [6.07, 6.45) is 2.94. The Morgan fingerprint density at radius 3 is 2.24 bits per heavy atom. The van der Waals surface area contributed by atoms with Gasteiger partial charge < -0.3 is 23.5 Å². The Kier molecular flexibility index (Phi) is 6.05. The van der Waals surface area contributed by atoms with Crippen LogP contribution in [-0.4, -0.2) is 32.5 Å². The van der Waals surface area contributed by atoms with Crippen molar-refractivity contribution in [1.82, 2.24) is 5.16 Å². The Bertz CT molecular complexity index is 733. The molecule has 0 aliphatic heterocycles. The maximum Gasteiger partial charge on any atom is 0.331 e. The number of nitrogens with zero attached hydrogens (tertiary/aromatic N) is 1. The van der Waals surface area contributed by atoms with Gasteiger partial charge in [0.2, 0.25) is 5.75 Å². The third-order valence-electron chi connectivity index (χ3n) is 3.64. The number of carbonyl (C=O) groups is 1. The largest absolute Gasteiger partial charge is 0.493 e. The highest BCUT2D eigenvalue weighted by atomic mass is 16.5. The third kappa shape index (κ3) is 4.32. The molecule has 0 amide bonds. The van der Waals surface area contributed by atoms with Crippen LogP contribution in [0.25, 0.3) is 6.08 Å². The van der Waals surface area contributed by atoms with E-state index in [9.17, 15) is 4.79 Å². The Morgan fingerprint density at radius 1 is 1.12 bits per heavy atom. The van der Waals surface area contributed by atoms with Gasteiger partial charge in [-0.05, 0) is 37.6 Å². The maximum atomic E-state index is 11.9. The minimum atomic E-state index is -0.478. The summed E-state index contributed by atoms with van der Waals surface area (Å²) in [6, 6.07) is 3.47. The van der Waals surface area contributed by atoms with E-state index in [4.69, 9.17) is 23.5 Å². The average Bonchev–Trinajstić information content (AvgIpc) is 2.94. The normalized spacial score (nSPS) is 10.8. The standard InChI is InChI=1S/C18H21NO6/c1-11-14(12(2)25-19-11)10-24-17(20)7-6-13-8-15(21-3)18(23-5)16(9-13)22-4/h6-9H,10H2,1-5H3.